The van der Waals surface area contributed by atoms with Crippen molar-refractivity contribution in [2.45, 2.75) is 103 Å². The highest BCUT2D eigenvalue weighted by Gasteiger charge is 2.37. The standard InChI is InChI=1S/C18H39NO2SSi/c1-9-10-11-12-13-14-18(5,6)22(20)19-15-16-21-23(7,8)17(2,3)4/h15H,9-14,16H2,1-8H3. The first-order valence-electron chi connectivity index (χ1n) is 9.02. The van der Waals surface area contributed by atoms with Crippen molar-refractivity contribution in [3.8, 4) is 0 Å². The fourth-order valence-corrected chi connectivity index (χ4v) is 3.67. The molecule has 0 heterocycles. The van der Waals surface area contributed by atoms with Crippen molar-refractivity contribution in [3.63, 3.8) is 0 Å². The Kier molecular flexibility index (Phi) is 10.3. The summed E-state index contributed by atoms with van der Waals surface area (Å²) in [5.74, 6) is 0. The number of rotatable bonds is 11. The molecule has 0 aliphatic heterocycles. The van der Waals surface area contributed by atoms with E-state index in [1.54, 1.807) is 6.21 Å². The van der Waals surface area contributed by atoms with Gasteiger partial charge in [0.05, 0.1) is 12.8 Å². The second-order valence-corrected chi connectivity index (χ2v) is 15.2. The largest absolute Gasteiger partial charge is 0.591 e. The number of hydrogen-bond acceptors (Lipinski definition) is 3. The summed E-state index contributed by atoms with van der Waals surface area (Å²) in [4.78, 5) is 0. The molecule has 0 aromatic rings. The van der Waals surface area contributed by atoms with E-state index in [4.69, 9.17) is 4.43 Å². The first-order valence-corrected chi connectivity index (χ1v) is 13.0. The van der Waals surface area contributed by atoms with Gasteiger partial charge in [-0.25, -0.2) is 0 Å². The minimum atomic E-state index is -1.75. The third-order valence-corrected chi connectivity index (χ3v) is 10.8. The number of hydrogen-bond donors (Lipinski definition) is 0. The summed E-state index contributed by atoms with van der Waals surface area (Å²) in [5, 5.41) is 0.192. The second kappa shape index (κ2) is 10.2. The van der Waals surface area contributed by atoms with Gasteiger partial charge in [0, 0.05) is 0 Å². The van der Waals surface area contributed by atoms with E-state index in [0.717, 1.165) is 12.8 Å². The zero-order valence-corrected chi connectivity index (χ0v) is 18.5. The van der Waals surface area contributed by atoms with Crippen molar-refractivity contribution in [1.29, 1.82) is 0 Å². The van der Waals surface area contributed by atoms with Crippen LogP contribution in [0.5, 0.6) is 0 Å². The quantitative estimate of drug-likeness (QED) is 0.199. The molecule has 0 aromatic heterocycles. The molecule has 0 amide bonds. The summed E-state index contributed by atoms with van der Waals surface area (Å²) >= 11 is -1.18. The van der Waals surface area contributed by atoms with Gasteiger partial charge < -0.3 is 8.98 Å². The fourth-order valence-electron chi connectivity index (χ4n) is 1.94. The maximum atomic E-state index is 12.4. The van der Waals surface area contributed by atoms with Crippen molar-refractivity contribution in [2.24, 2.45) is 4.40 Å². The topological polar surface area (TPSA) is 44.7 Å². The first kappa shape index (κ1) is 23.2. The normalized spacial score (nSPS) is 15.3. The predicted octanol–water partition coefficient (Wildman–Crippen LogP) is 5.88. The highest BCUT2D eigenvalue weighted by molar-refractivity contribution is 7.91. The Hall–Kier alpha value is 0.157. The lowest BCUT2D eigenvalue weighted by Crippen LogP contribution is -2.41. The molecule has 0 aliphatic carbocycles. The van der Waals surface area contributed by atoms with E-state index in [1.807, 2.05) is 0 Å². The Morgan fingerprint density at radius 2 is 1.61 bits per heavy atom. The Balaban J connectivity index is 4.21. The van der Waals surface area contributed by atoms with E-state index >= 15 is 0 Å². The summed E-state index contributed by atoms with van der Waals surface area (Å²) in [6, 6.07) is 0. The van der Waals surface area contributed by atoms with Gasteiger partial charge >= 0.3 is 0 Å². The van der Waals surface area contributed by atoms with Crippen LogP contribution in [0.3, 0.4) is 0 Å². The Morgan fingerprint density at radius 3 is 2.13 bits per heavy atom. The summed E-state index contributed by atoms with van der Waals surface area (Å²) < 4.78 is 22.4. The zero-order valence-electron chi connectivity index (χ0n) is 16.7. The van der Waals surface area contributed by atoms with Gasteiger partial charge in [-0.3, -0.25) is 0 Å². The smallest absolute Gasteiger partial charge is 0.192 e. The van der Waals surface area contributed by atoms with Crippen LogP contribution in [0.4, 0.5) is 0 Å². The van der Waals surface area contributed by atoms with E-state index in [2.05, 4.69) is 59.0 Å². The van der Waals surface area contributed by atoms with Gasteiger partial charge in [0.15, 0.2) is 8.32 Å². The molecule has 1 atom stereocenters. The molecular weight excluding hydrogens is 322 g/mol. The van der Waals surface area contributed by atoms with Gasteiger partial charge in [0.2, 0.25) is 0 Å². The van der Waals surface area contributed by atoms with Crippen molar-refractivity contribution >= 4 is 25.9 Å². The van der Waals surface area contributed by atoms with Crippen molar-refractivity contribution < 1.29 is 8.98 Å². The molecule has 0 bridgehead atoms. The van der Waals surface area contributed by atoms with Gasteiger partial charge in [-0.1, -0.05) is 57.8 Å². The van der Waals surface area contributed by atoms with Crippen LogP contribution in [0.1, 0.15) is 80.1 Å². The van der Waals surface area contributed by atoms with Crippen LogP contribution in [0, 0.1) is 0 Å². The summed E-state index contributed by atoms with van der Waals surface area (Å²) in [6.07, 6.45) is 8.86. The molecule has 23 heavy (non-hydrogen) atoms. The lowest BCUT2D eigenvalue weighted by atomic mass is 10.0. The maximum Gasteiger partial charge on any atom is 0.192 e. The molecule has 5 heteroatoms. The Labute approximate surface area is 149 Å². The van der Waals surface area contributed by atoms with Gasteiger partial charge in [-0.05, 0) is 44.8 Å². The maximum absolute atomic E-state index is 12.4. The average molecular weight is 362 g/mol. The molecule has 0 rings (SSSR count). The summed E-state index contributed by atoms with van der Waals surface area (Å²) in [6.45, 7) is 17.9. The zero-order chi connectivity index (χ0) is 18.1. The number of nitrogens with zero attached hydrogens (tertiary/aromatic N) is 1. The highest BCUT2D eigenvalue weighted by atomic mass is 32.2. The van der Waals surface area contributed by atoms with E-state index in [0.29, 0.717) is 6.61 Å². The molecular formula is C18H39NO2SSi. The van der Waals surface area contributed by atoms with Gasteiger partial charge in [0.25, 0.3) is 0 Å². The van der Waals surface area contributed by atoms with Crippen molar-refractivity contribution in [1.82, 2.24) is 0 Å². The third-order valence-electron chi connectivity index (χ3n) is 4.85. The second-order valence-electron chi connectivity index (χ2n) is 8.53. The minimum absolute atomic E-state index is 0.192. The van der Waals surface area contributed by atoms with Gasteiger partial charge in [-0.15, -0.1) is 0 Å². The van der Waals surface area contributed by atoms with Crippen LogP contribution in [0.15, 0.2) is 4.40 Å². The van der Waals surface area contributed by atoms with Crippen LogP contribution in [-0.2, 0) is 15.8 Å². The average Bonchev–Trinajstić information content (AvgIpc) is 2.41. The van der Waals surface area contributed by atoms with E-state index in [-0.39, 0.29) is 9.79 Å². The lowest BCUT2D eigenvalue weighted by Gasteiger charge is -2.35. The van der Waals surface area contributed by atoms with Crippen LogP contribution < -0.4 is 0 Å². The first-order chi connectivity index (χ1) is 10.4. The van der Waals surface area contributed by atoms with Crippen LogP contribution in [-0.4, -0.2) is 30.4 Å². The molecule has 0 aliphatic rings. The highest BCUT2D eigenvalue weighted by Crippen LogP contribution is 2.36. The number of unbranched alkanes of at least 4 members (excludes halogenated alkanes) is 4. The molecule has 1 unspecified atom stereocenters. The SMILES string of the molecule is CCCCCCCC(C)(C)[S+]([O-])N=CCO[Si](C)(C)C(C)(C)C. The molecule has 3 nitrogen and oxygen atoms in total. The van der Waals surface area contributed by atoms with E-state index in [1.165, 1.54) is 25.7 Å². The van der Waals surface area contributed by atoms with Crippen LogP contribution >= 0.6 is 0 Å². The predicted molar refractivity (Wildman–Crippen MR) is 107 cm³/mol. The monoisotopic (exact) mass is 361 g/mol. The molecule has 0 aromatic carbocycles. The van der Waals surface area contributed by atoms with Crippen LogP contribution in [0.2, 0.25) is 18.1 Å². The molecule has 0 spiro atoms. The Morgan fingerprint density at radius 1 is 1.04 bits per heavy atom. The minimum Gasteiger partial charge on any atom is -0.591 e. The fraction of sp³-hybridized carbons (Fsp3) is 0.944. The molecule has 0 saturated carbocycles. The lowest BCUT2D eigenvalue weighted by molar-refractivity contribution is 0.343. The van der Waals surface area contributed by atoms with E-state index in [9.17, 15) is 4.55 Å². The Bertz CT molecular complexity index is 351. The molecule has 138 valence electrons. The molecule has 0 N–H and O–H groups in total. The van der Waals surface area contributed by atoms with E-state index < -0.39 is 19.7 Å². The van der Waals surface area contributed by atoms with Gasteiger partial charge in [-0.2, -0.15) is 0 Å². The molecule has 0 fully saturated rings. The third kappa shape index (κ3) is 9.27. The summed E-state index contributed by atoms with van der Waals surface area (Å²) in [7, 11) is -1.75. The molecule has 0 radical (unpaired) electrons. The molecule has 0 saturated heterocycles. The van der Waals surface area contributed by atoms with Crippen molar-refractivity contribution in [3.05, 3.63) is 0 Å². The summed E-state index contributed by atoms with van der Waals surface area (Å²) in [5.41, 5.74) is 0. The van der Waals surface area contributed by atoms with Crippen LogP contribution in [0.25, 0.3) is 0 Å². The van der Waals surface area contributed by atoms with Crippen molar-refractivity contribution in [2.75, 3.05) is 6.61 Å². The van der Waals surface area contributed by atoms with Gasteiger partial charge in [0.1, 0.15) is 16.1 Å².